The second-order valence-electron chi connectivity index (χ2n) is 5.45. The molecule has 0 spiro atoms. The van der Waals surface area contributed by atoms with Gasteiger partial charge in [-0.1, -0.05) is 12.1 Å². The average molecular weight is 322 g/mol. The highest BCUT2D eigenvalue weighted by molar-refractivity contribution is 6.11. The zero-order chi connectivity index (χ0) is 16.7. The van der Waals surface area contributed by atoms with Crippen LogP contribution >= 0.6 is 0 Å². The van der Waals surface area contributed by atoms with Crippen LogP contribution < -0.4 is 5.63 Å². The van der Waals surface area contributed by atoms with Crippen molar-refractivity contribution in [3.63, 3.8) is 0 Å². The van der Waals surface area contributed by atoms with Crippen LogP contribution in [0.4, 0.5) is 4.39 Å². The molecule has 24 heavy (non-hydrogen) atoms. The molecule has 0 N–H and O–H groups in total. The van der Waals surface area contributed by atoms with Crippen molar-refractivity contribution < 1.29 is 13.6 Å². The Morgan fingerprint density at radius 3 is 2.75 bits per heavy atom. The van der Waals surface area contributed by atoms with Crippen molar-refractivity contribution in [3.8, 4) is 0 Å². The van der Waals surface area contributed by atoms with Crippen LogP contribution in [0, 0.1) is 5.82 Å². The Kier molecular flexibility index (Phi) is 3.23. The van der Waals surface area contributed by atoms with Crippen LogP contribution in [0.5, 0.6) is 0 Å². The van der Waals surface area contributed by atoms with E-state index in [1.54, 1.807) is 30.6 Å². The minimum absolute atomic E-state index is 0.188. The quantitative estimate of drug-likeness (QED) is 0.544. The summed E-state index contributed by atoms with van der Waals surface area (Å²) in [6, 6.07) is 7.78. The van der Waals surface area contributed by atoms with Crippen LogP contribution in [0.1, 0.15) is 15.9 Å². The zero-order valence-electron chi connectivity index (χ0n) is 12.4. The van der Waals surface area contributed by atoms with Crippen LogP contribution in [0.25, 0.3) is 21.8 Å². The van der Waals surface area contributed by atoms with Crippen LogP contribution in [0.15, 0.2) is 58.2 Å². The predicted molar refractivity (Wildman–Crippen MR) is 86.7 cm³/mol. The molecule has 3 aromatic heterocycles. The highest BCUT2D eigenvalue weighted by Gasteiger charge is 2.14. The summed E-state index contributed by atoms with van der Waals surface area (Å²) in [5.41, 5.74) is 1.72. The standard InChI is InChI=1S/C18H11FN2O3/c19-13-3-1-11(2-4-13)8-21-9-12(10-22)16-14-5-6-24-18(23)17(14)20-7-15(16)21/h1-7,9-10H,8H2. The molecule has 1 aromatic carbocycles. The van der Waals surface area contributed by atoms with Crippen molar-refractivity contribution in [1.29, 1.82) is 0 Å². The van der Waals surface area contributed by atoms with Gasteiger partial charge < -0.3 is 8.98 Å². The maximum Gasteiger partial charge on any atom is 0.362 e. The van der Waals surface area contributed by atoms with Crippen molar-refractivity contribution in [2.75, 3.05) is 0 Å². The third-order valence-corrected chi connectivity index (χ3v) is 3.99. The number of aldehydes is 1. The van der Waals surface area contributed by atoms with E-state index in [1.165, 1.54) is 18.4 Å². The maximum atomic E-state index is 13.0. The number of carbonyl (C=O) groups excluding carboxylic acids is 1. The number of nitrogens with zero attached hydrogens (tertiary/aromatic N) is 2. The number of halogens is 1. The summed E-state index contributed by atoms with van der Waals surface area (Å²) >= 11 is 0. The van der Waals surface area contributed by atoms with E-state index in [1.807, 2.05) is 4.57 Å². The summed E-state index contributed by atoms with van der Waals surface area (Å²) in [6.07, 6.45) is 5.29. The van der Waals surface area contributed by atoms with E-state index in [2.05, 4.69) is 4.98 Å². The first-order valence-corrected chi connectivity index (χ1v) is 7.26. The maximum absolute atomic E-state index is 13.0. The second-order valence-corrected chi connectivity index (χ2v) is 5.45. The number of aromatic nitrogens is 2. The minimum atomic E-state index is -0.544. The summed E-state index contributed by atoms with van der Waals surface area (Å²) < 4.78 is 19.7. The van der Waals surface area contributed by atoms with Gasteiger partial charge in [0, 0.05) is 29.1 Å². The summed E-state index contributed by atoms with van der Waals surface area (Å²) in [5.74, 6) is -0.302. The van der Waals surface area contributed by atoms with Crippen molar-refractivity contribution in [2.45, 2.75) is 6.54 Å². The Labute approximate surface area is 135 Å². The Morgan fingerprint density at radius 1 is 1.21 bits per heavy atom. The van der Waals surface area contributed by atoms with E-state index < -0.39 is 5.63 Å². The van der Waals surface area contributed by atoms with Crippen LogP contribution in [0.2, 0.25) is 0 Å². The lowest BCUT2D eigenvalue weighted by molar-refractivity contribution is 0.112. The van der Waals surface area contributed by atoms with Gasteiger partial charge in [-0.2, -0.15) is 0 Å². The Bertz CT molecular complexity index is 1130. The molecular weight excluding hydrogens is 311 g/mol. The van der Waals surface area contributed by atoms with E-state index in [0.717, 1.165) is 17.4 Å². The molecule has 118 valence electrons. The number of carbonyl (C=O) groups is 1. The van der Waals surface area contributed by atoms with Gasteiger partial charge in [0.25, 0.3) is 0 Å². The lowest BCUT2D eigenvalue weighted by atomic mass is 10.1. The molecule has 0 atom stereocenters. The molecule has 0 unspecified atom stereocenters. The first-order valence-electron chi connectivity index (χ1n) is 7.26. The van der Waals surface area contributed by atoms with Gasteiger partial charge in [0.15, 0.2) is 11.8 Å². The van der Waals surface area contributed by atoms with Gasteiger partial charge in [-0.25, -0.2) is 14.2 Å². The van der Waals surface area contributed by atoms with E-state index >= 15 is 0 Å². The SMILES string of the molecule is O=Cc1cn(Cc2ccc(F)cc2)c2cnc3c(=O)occc3c12. The van der Waals surface area contributed by atoms with Gasteiger partial charge in [0.1, 0.15) is 5.82 Å². The fraction of sp³-hybridized carbons (Fsp3) is 0.0556. The largest absolute Gasteiger partial charge is 0.430 e. The second kappa shape index (κ2) is 5.42. The topological polar surface area (TPSA) is 65.1 Å². The van der Waals surface area contributed by atoms with E-state index in [9.17, 15) is 14.0 Å². The van der Waals surface area contributed by atoms with Crippen molar-refractivity contribution in [3.05, 3.63) is 76.4 Å². The molecule has 0 radical (unpaired) electrons. The lowest BCUT2D eigenvalue weighted by Gasteiger charge is -2.06. The molecule has 4 aromatic rings. The molecule has 0 bridgehead atoms. The molecule has 0 fully saturated rings. The molecule has 0 aliphatic carbocycles. The minimum Gasteiger partial charge on any atom is -0.430 e. The molecule has 0 amide bonds. The Balaban J connectivity index is 1.96. The number of hydrogen-bond acceptors (Lipinski definition) is 4. The number of benzene rings is 1. The van der Waals surface area contributed by atoms with Crippen molar-refractivity contribution in [2.24, 2.45) is 0 Å². The zero-order valence-corrected chi connectivity index (χ0v) is 12.4. The molecule has 3 heterocycles. The molecule has 6 heteroatoms. The first-order chi connectivity index (χ1) is 11.7. The van der Waals surface area contributed by atoms with E-state index in [-0.39, 0.29) is 11.3 Å². The van der Waals surface area contributed by atoms with Crippen LogP contribution in [-0.4, -0.2) is 15.8 Å². The molecule has 5 nitrogen and oxygen atoms in total. The van der Waals surface area contributed by atoms with Gasteiger partial charge in [-0.15, -0.1) is 0 Å². The van der Waals surface area contributed by atoms with Gasteiger partial charge >= 0.3 is 5.63 Å². The fourth-order valence-corrected chi connectivity index (χ4v) is 2.89. The van der Waals surface area contributed by atoms with E-state index in [4.69, 9.17) is 4.42 Å². The molecule has 0 saturated heterocycles. The Morgan fingerprint density at radius 2 is 2.00 bits per heavy atom. The third kappa shape index (κ3) is 2.20. The predicted octanol–water partition coefficient (Wildman–Crippen LogP) is 3.14. The summed E-state index contributed by atoms with van der Waals surface area (Å²) in [7, 11) is 0. The van der Waals surface area contributed by atoms with Crippen LogP contribution in [-0.2, 0) is 6.54 Å². The summed E-state index contributed by atoms with van der Waals surface area (Å²) in [6.45, 7) is 0.458. The highest BCUT2D eigenvalue weighted by atomic mass is 19.1. The third-order valence-electron chi connectivity index (χ3n) is 3.99. The van der Waals surface area contributed by atoms with Crippen molar-refractivity contribution in [1.82, 2.24) is 9.55 Å². The number of hydrogen-bond donors (Lipinski definition) is 0. The summed E-state index contributed by atoms with van der Waals surface area (Å²) in [5, 5.41) is 1.23. The van der Waals surface area contributed by atoms with Gasteiger partial charge in [-0.05, 0) is 23.8 Å². The fourth-order valence-electron chi connectivity index (χ4n) is 2.89. The monoisotopic (exact) mass is 322 g/mol. The van der Waals surface area contributed by atoms with Crippen LogP contribution in [0.3, 0.4) is 0 Å². The van der Waals surface area contributed by atoms with Gasteiger partial charge in [-0.3, -0.25) is 4.79 Å². The van der Waals surface area contributed by atoms with Gasteiger partial charge in [0.2, 0.25) is 0 Å². The van der Waals surface area contributed by atoms with Gasteiger partial charge in [0.05, 0.1) is 18.0 Å². The number of rotatable bonds is 3. The Hall–Kier alpha value is -3.28. The lowest BCUT2D eigenvalue weighted by Crippen LogP contribution is -2.02. The molecule has 0 aliphatic rings. The first kappa shape index (κ1) is 14.3. The number of fused-ring (bicyclic) bond motifs is 3. The van der Waals surface area contributed by atoms with E-state index in [0.29, 0.717) is 22.9 Å². The normalized spacial score (nSPS) is 11.2. The summed E-state index contributed by atoms with van der Waals surface area (Å²) in [4.78, 5) is 27.4. The molecule has 4 rings (SSSR count). The number of pyridine rings is 1. The average Bonchev–Trinajstić information content (AvgIpc) is 2.95. The smallest absolute Gasteiger partial charge is 0.362 e. The molecule has 0 saturated carbocycles. The van der Waals surface area contributed by atoms with Crippen molar-refractivity contribution >= 4 is 28.1 Å². The highest BCUT2D eigenvalue weighted by Crippen LogP contribution is 2.27. The molecule has 0 aliphatic heterocycles. The molecular formula is C18H11FN2O3.